The van der Waals surface area contributed by atoms with Crippen LogP contribution in [0.15, 0.2) is 18.5 Å². The van der Waals surface area contributed by atoms with Crippen LogP contribution in [0.3, 0.4) is 0 Å². The van der Waals surface area contributed by atoms with E-state index in [1.807, 2.05) is 6.20 Å². The van der Waals surface area contributed by atoms with E-state index in [1.54, 1.807) is 0 Å². The monoisotopic (exact) mass is 289 g/mol. The molecule has 0 amide bonds. The maximum absolute atomic E-state index is 4.36. The van der Waals surface area contributed by atoms with Crippen LogP contribution in [-0.2, 0) is 6.54 Å². The number of rotatable bonds is 6. The molecule has 3 heteroatoms. The summed E-state index contributed by atoms with van der Waals surface area (Å²) in [6.45, 7) is 10.00. The first-order chi connectivity index (χ1) is 10.2. The summed E-state index contributed by atoms with van der Waals surface area (Å²) in [5, 5.41) is 3.53. The third-order valence-corrected chi connectivity index (χ3v) is 4.47. The van der Waals surface area contributed by atoms with Crippen molar-refractivity contribution in [1.29, 1.82) is 0 Å². The molecule has 1 unspecified atom stereocenters. The highest BCUT2D eigenvalue weighted by molar-refractivity contribution is 5.51. The largest absolute Gasteiger partial charge is 0.370 e. The molecule has 1 saturated heterocycles. The van der Waals surface area contributed by atoms with Gasteiger partial charge in [-0.2, -0.15) is 0 Å². The minimum absolute atomic E-state index is 0.518. The van der Waals surface area contributed by atoms with Crippen LogP contribution in [0.2, 0.25) is 0 Å². The highest BCUT2D eigenvalue weighted by Crippen LogP contribution is 2.27. The first kappa shape index (κ1) is 16.3. The van der Waals surface area contributed by atoms with E-state index in [9.17, 15) is 0 Å². The summed E-state index contributed by atoms with van der Waals surface area (Å²) in [6, 6.07) is 2.68. The molecule has 1 aromatic rings. The Labute approximate surface area is 130 Å². The molecule has 0 bridgehead atoms. The average Bonchev–Trinajstić information content (AvgIpc) is 2.71. The summed E-state index contributed by atoms with van der Waals surface area (Å²) in [4.78, 5) is 6.92. The van der Waals surface area contributed by atoms with Crippen LogP contribution in [0.1, 0.15) is 58.4 Å². The molecule has 3 nitrogen and oxygen atoms in total. The van der Waals surface area contributed by atoms with Gasteiger partial charge in [0.25, 0.3) is 0 Å². The molecule has 0 saturated carbocycles. The smallest absolute Gasteiger partial charge is 0.0598 e. The Kier molecular flexibility index (Phi) is 6.50. The van der Waals surface area contributed by atoms with E-state index in [4.69, 9.17) is 0 Å². The summed E-state index contributed by atoms with van der Waals surface area (Å²) in [7, 11) is 0. The lowest BCUT2D eigenvalue weighted by molar-refractivity contribution is 0.435. The van der Waals surface area contributed by atoms with Gasteiger partial charge in [0.05, 0.1) is 11.9 Å². The number of hydrogen-bond acceptors (Lipinski definition) is 3. The van der Waals surface area contributed by atoms with Crippen LogP contribution in [0, 0.1) is 5.92 Å². The predicted molar refractivity (Wildman–Crippen MR) is 90.7 cm³/mol. The molecule has 2 rings (SSSR count). The first-order valence-corrected chi connectivity index (χ1v) is 8.62. The van der Waals surface area contributed by atoms with Gasteiger partial charge < -0.3 is 10.2 Å². The Morgan fingerprint density at radius 2 is 2.19 bits per heavy atom. The van der Waals surface area contributed by atoms with Crippen molar-refractivity contribution in [2.24, 2.45) is 5.92 Å². The molecule has 1 N–H and O–H groups in total. The lowest BCUT2D eigenvalue weighted by Crippen LogP contribution is -2.28. The zero-order valence-corrected chi connectivity index (χ0v) is 13.9. The van der Waals surface area contributed by atoms with Crippen LogP contribution in [-0.4, -0.2) is 24.1 Å². The van der Waals surface area contributed by atoms with Crippen molar-refractivity contribution in [3.8, 4) is 0 Å². The van der Waals surface area contributed by atoms with Gasteiger partial charge in [0.2, 0.25) is 0 Å². The van der Waals surface area contributed by atoms with Crippen molar-refractivity contribution in [3.63, 3.8) is 0 Å². The fraction of sp³-hybridized carbons (Fsp3) is 0.722. The Hall–Kier alpha value is -1.09. The van der Waals surface area contributed by atoms with Crippen LogP contribution in [0.4, 0.5) is 5.69 Å². The second kappa shape index (κ2) is 8.38. The minimum Gasteiger partial charge on any atom is -0.370 e. The Bertz CT molecular complexity index is 417. The van der Waals surface area contributed by atoms with E-state index >= 15 is 0 Å². The first-order valence-electron chi connectivity index (χ1n) is 8.62. The Morgan fingerprint density at radius 3 is 2.95 bits per heavy atom. The predicted octanol–water partition coefficient (Wildman–Crippen LogP) is 3.99. The zero-order valence-electron chi connectivity index (χ0n) is 13.9. The van der Waals surface area contributed by atoms with Crippen molar-refractivity contribution >= 4 is 5.69 Å². The molecular weight excluding hydrogens is 258 g/mol. The van der Waals surface area contributed by atoms with Crippen molar-refractivity contribution in [2.75, 3.05) is 18.0 Å². The Balaban J connectivity index is 2.03. The van der Waals surface area contributed by atoms with E-state index in [0.29, 0.717) is 6.04 Å². The number of hydrogen-bond donors (Lipinski definition) is 1. The number of anilines is 1. The molecule has 118 valence electrons. The molecule has 1 aromatic heterocycles. The quantitative estimate of drug-likeness (QED) is 0.858. The van der Waals surface area contributed by atoms with Gasteiger partial charge in [-0.3, -0.25) is 4.98 Å². The lowest BCUT2D eigenvalue weighted by Gasteiger charge is -2.25. The zero-order chi connectivity index (χ0) is 15.1. The van der Waals surface area contributed by atoms with E-state index in [0.717, 1.165) is 12.5 Å². The molecule has 0 aromatic carbocycles. The van der Waals surface area contributed by atoms with Crippen LogP contribution in [0.5, 0.6) is 0 Å². The second-order valence-electron chi connectivity index (χ2n) is 6.61. The second-order valence-corrected chi connectivity index (χ2v) is 6.61. The number of nitrogens with zero attached hydrogens (tertiary/aromatic N) is 2. The lowest BCUT2D eigenvalue weighted by atomic mass is 9.96. The van der Waals surface area contributed by atoms with Crippen LogP contribution < -0.4 is 10.2 Å². The summed E-state index contributed by atoms with van der Waals surface area (Å²) in [5.41, 5.74) is 2.72. The van der Waals surface area contributed by atoms with Gasteiger partial charge in [0, 0.05) is 31.9 Å². The maximum atomic E-state index is 4.36. The van der Waals surface area contributed by atoms with Gasteiger partial charge in [-0.15, -0.1) is 0 Å². The number of pyridine rings is 1. The number of aromatic nitrogens is 1. The highest BCUT2D eigenvalue weighted by Gasteiger charge is 2.18. The fourth-order valence-electron chi connectivity index (χ4n) is 3.27. The minimum atomic E-state index is 0.518. The van der Waals surface area contributed by atoms with Crippen molar-refractivity contribution in [1.82, 2.24) is 10.3 Å². The Morgan fingerprint density at radius 1 is 1.33 bits per heavy atom. The number of nitrogens with one attached hydrogen (secondary N) is 1. The van der Waals surface area contributed by atoms with Crippen molar-refractivity contribution in [2.45, 2.75) is 65.5 Å². The van der Waals surface area contributed by atoms with Crippen LogP contribution in [0.25, 0.3) is 0 Å². The standard InChI is InChI=1S/C18H31N3/c1-4-6-16-7-5-11-21(12-9-16)18-14-19-10-8-17(18)13-20-15(2)3/h8,10,14-16,20H,4-7,9,11-13H2,1-3H3. The molecule has 21 heavy (non-hydrogen) atoms. The SMILES string of the molecule is CCCC1CCCN(c2cnccc2CNC(C)C)CC1. The maximum Gasteiger partial charge on any atom is 0.0598 e. The summed E-state index contributed by atoms with van der Waals surface area (Å²) < 4.78 is 0. The van der Waals surface area contributed by atoms with E-state index in [-0.39, 0.29) is 0 Å². The van der Waals surface area contributed by atoms with Crippen molar-refractivity contribution in [3.05, 3.63) is 24.0 Å². The molecule has 0 spiro atoms. The molecule has 1 aliphatic heterocycles. The molecule has 1 atom stereocenters. The molecule has 1 aliphatic rings. The van der Waals surface area contributed by atoms with E-state index in [2.05, 4.69) is 48.2 Å². The molecule has 2 heterocycles. The normalized spacial score (nSPS) is 19.8. The third kappa shape index (κ3) is 4.99. The van der Waals surface area contributed by atoms with Gasteiger partial charge in [-0.05, 0) is 36.8 Å². The van der Waals surface area contributed by atoms with Crippen molar-refractivity contribution < 1.29 is 0 Å². The summed E-state index contributed by atoms with van der Waals surface area (Å²) in [6.07, 6.45) is 10.7. The highest BCUT2D eigenvalue weighted by atomic mass is 15.1. The van der Waals surface area contributed by atoms with Gasteiger partial charge >= 0.3 is 0 Å². The van der Waals surface area contributed by atoms with E-state index in [1.165, 1.54) is 56.4 Å². The molecular formula is C18H31N3. The summed E-state index contributed by atoms with van der Waals surface area (Å²) >= 11 is 0. The third-order valence-electron chi connectivity index (χ3n) is 4.47. The van der Waals surface area contributed by atoms with Gasteiger partial charge in [-0.1, -0.05) is 33.6 Å². The van der Waals surface area contributed by atoms with Gasteiger partial charge in [0.15, 0.2) is 0 Å². The van der Waals surface area contributed by atoms with Gasteiger partial charge in [0.1, 0.15) is 0 Å². The molecule has 1 fully saturated rings. The summed E-state index contributed by atoms with van der Waals surface area (Å²) in [5.74, 6) is 0.925. The fourth-order valence-corrected chi connectivity index (χ4v) is 3.27. The van der Waals surface area contributed by atoms with E-state index < -0.39 is 0 Å². The molecule has 0 aliphatic carbocycles. The molecule has 0 radical (unpaired) electrons. The van der Waals surface area contributed by atoms with Crippen LogP contribution >= 0.6 is 0 Å². The average molecular weight is 289 g/mol. The van der Waals surface area contributed by atoms with Gasteiger partial charge in [-0.25, -0.2) is 0 Å². The topological polar surface area (TPSA) is 28.2 Å².